The first-order valence-electron chi connectivity index (χ1n) is 7.79. The van der Waals surface area contributed by atoms with Gasteiger partial charge in [-0.25, -0.2) is 4.79 Å². The average Bonchev–Trinajstić information content (AvgIpc) is 2.57. The second-order valence-electron chi connectivity index (χ2n) is 5.84. The van der Waals surface area contributed by atoms with Crippen LogP contribution in [0.15, 0.2) is 24.3 Å². The van der Waals surface area contributed by atoms with Crippen molar-refractivity contribution < 1.29 is 23.9 Å². The van der Waals surface area contributed by atoms with Crippen LogP contribution in [0, 0.1) is 11.3 Å². The molecule has 0 fully saturated rings. The molecule has 0 radical (unpaired) electrons. The maximum Gasteiger partial charge on any atom is 0.516 e. The zero-order valence-electron chi connectivity index (χ0n) is 14.6. The highest BCUT2D eigenvalue weighted by Crippen LogP contribution is 2.15. The van der Waals surface area contributed by atoms with Crippen molar-refractivity contribution in [1.29, 1.82) is 5.41 Å². The van der Waals surface area contributed by atoms with E-state index in [1.54, 1.807) is 31.3 Å². The summed E-state index contributed by atoms with van der Waals surface area (Å²) in [6, 6.07) is 6.55. The fraction of sp³-hybridized carbons (Fsp3) is 0.412. The number of carbonyl (C=O) groups is 3. The lowest BCUT2D eigenvalue weighted by molar-refractivity contribution is -0.141. The molecule has 0 unspecified atom stereocenters. The molecule has 8 heteroatoms. The number of rotatable bonds is 7. The molecular formula is C17H23N3O5. The average molecular weight is 349 g/mol. The van der Waals surface area contributed by atoms with Crippen LogP contribution in [0.2, 0.25) is 0 Å². The van der Waals surface area contributed by atoms with Crippen LogP contribution in [0.3, 0.4) is 0 Å². The summed E-state index contributed by atoms with van der Waals surface area (Å²) in [7, 11) is 1.56. The third-order valence-corrected chi connectivity index (χ3v) is 3.21. The summed E-state index contributed by atoms with van der Waals surface area (Å²) < 4.78 is 9.19. The Balaban J connectivity index is 2.46. The summed E-state index contributed by atoms with van der Waals surface area (Å²) in [5.41, 5.74) is 6.52. The number of nitrogens with zero attached hydrogens (tertiary/aromatic N) is 1. The smallest absolute Gasteiger partial charge is 0.434 e. The van der Waals surface area contributed by atoms with E-state index in [0.29, 0.717) is 11.3 Å². The van der Waals surface area contributed by atoms with E-state index in [2.05, 4.69) is 4.74 Å². The van der Waals surface area contributed by atoms with Crippen molar-refractivity contribution in [1.82, 2.24) is 0 Å². The lowest BCUT2D eigenvalue weighted by Gasteiger charge is -2.17. The van der Waals surface area contributed by atoms with Crippen LogP contribution in [-0.4, -0.2) is 37.5 Å². The fourth-order valence-electron chi connectivity index (χ4n) is 1.79. The number of hydrogen-bond acceptors (Lipinski definition) is 6. The Morgan fingerprint density at radius 1 is 1.16 bits per heavy atom. The summed E-state index contributed by atoms with van der Waals surface area (Å²) in [6.45, 7) is 3.86. The molecule has 0 bridgehead atoms. The van der Waals surface area contributed by atoms with Crippen LogP contribution in [-0.2, 0) is 19.1 Å². The van der Waals surface area contributed by atoms with Crippen molar-refractivity contribution >= 4 is 29.6 Å². The van der Waals surface area contributed by atoms with E-state index in [9.17, 15) is 14.4 Å². The Morgan fingerprint density at radius 2 is 1.76 bits per heavy atom. The monoisotopic (exact) mass is 349 g/mol. The number of benzene rings is 1. The normalized spacial score (nSPS) is 10.2. The first-order chi connectivity index (χ1) is 11.7. The van der Waals surface area contributed by atoms with Crippen LogP contribution in [0.1, 0.15) is 32.3 Å². The quantitative estimate of drug-likeness (QED) is 0.336. The van der Waals surface area contributed by atoms with Gasteiger partial charge in [-0.3, -0.25) is 15.0 Å². The van der Waals surface area contributed by atoms with Gasteiger partial charge in [-0.15, -0.1) is 0 Å². The summed E-state index contributed by atoms with van der Waals surface area (Å²) >= 11 is 0. The molecule has 0 saturated carbocycles. The standard InChI is InChI=1S/C17H23N3O5/c1-11(2)10-24-17(23)25-15(22)9-8-14(21)20(3)13-6-4-12(5-7-13)16(18)19/h4-7,11H,8-10H2,1-3H3,(H3,18,19). The maximum absolute atomic E-state index is 12.1. The van der Waals surface area contributed by atoms with Crippen molar-refractivity contribution in [3.8, 4) is 0 Å². The van der Waals surface area contributed by atoms with E-state index in [1.807, 2.05) is 13.8 Å². The molecule has 1 rings (SSSR count). The molecule has 0 spiro atoms. The Kier molecular flexibility index (Phi) is 7.58. The number of nitrogens with one attached hydrogen (secondary N) is 1. The fourth-order valence-corrected chi connectivity index (χ4v) is 1.79. The topological polar surface area (TPSA) is 123 Å². The zero-order chi connectivity index (χ0) is 19.0. The third kappa shape index (κ3) is 7.03. The van der Waals surface area contributed by atoms with Crippen LogP contribution >= 0.6 is 0 Å². The van der Waals surface area contributed by atoms with Gasteiger partial charge in [-0.2, -0.15) is 0 Å². The summed E-state index contributed by atoms with van der Waals surface area (Å²) in [6.07, 6.45) is -1.40. The van der Waals surface area contributed by atoms with Crippen LogP contribution < -0.4 is 10.6 Å². The minimum absolute atomic E-state index is 0.0624. The minimum atomic E-state index is -1.06. The number of amidine groups is 1. The van der Waals surface area contributed by atoms with E-state index >= 15 is 0 Å². The zero-order valence-corrected chi connectivity index (χ0v) is 14.6. The Hall–Kier alpha value is -2.90. The third-order valence-electron chi connectivity index (χ3n) is 3.21. The first-order valence-corrected chi connectivity index (χ1v) is 7.79. The van der Waals surface area contributed by atoms with Gasteiger partial charge in [0.05, 0.1) is 13.0 Å². The molecule has 1 aromatic carbocycles. The molecule has 0 aliphatic carbocycles. The Labute approximate surface area is 146 Å². The molecule has 3 N–H and O–H groups in total. The second kappa shape index (κ2) is 9.41. The second-order valence-corrected chi connectivity index (χ2v) is 5.84. The van der Waals surface area contributed by atoms with Crippen LogP contribution in [0.5, 0.6) is 0 Å². The predicted molar refractivity (Wildman–Crippen MR) is 92.4 cm³/mol. The van der Waals surface area contributed by atoms with Gasteiger partial charge in [-0.05, 0) is 30.2 Å². The van der Waals surface area contributed by atoms with Gasteiger partial charge < -0.3 is 20.1 Å². The van der Waals surface area contributed by atoms with Crippen molar-refractivity contribution in [2.45, 2.75) is 26.7 Å². The largest absolute Gasteiger partial charge is 0.516 e. The number of esters is 1. The van der Waals surface area contributed by atoms with E-state index < -0.39 is 12.1 Å². The Morgan fingerprint density at radius 3 is 2.28 bits per heavy atom. The van der Waals surface area contributed by atoms with E-state index in [0.717, 1.165) is 0 Å². The molecular weight excluding hydrogens is 326 g/mol. The van der Waals surface area contributed by atoms with Gasteiger partial charge >= 0.3 is 12.1 Å². The van der Waals surface area contributed by atoms with Gasteiger partial charge in [-0.1, -0.05) is 13.8 Å². The van der Waals surface area contributed by atoms with Gasteiger partial charge in [0.25, 0.3) is 0 Å². The first kappa shape index (κ1) is 20.1. The molecule has 1 aromatic rings. The molecule has 136 valence electrons. The number of carbonyl (C=O) groups excluding carboxylic acids is 3. The molecule has 0 atom stereocenters. The Bertz CT molecular complexity index is 640. The predicted octanol–water partition coefficient (Wildman–Crippen LogP) is 2.05. The maximum atomic E-state index is 12.1. The highest BCUT2D eigenvalue weighted by atomic mass is 16.7. The molecule has 0 aromatic heterocycles. The number of amides is 1. The van der Waals surface area contributed by atoms with E-state index in [-0.39, 0.29) is 37.1 Å². The van der Waals surface area contributed by atoms with E-state index in [4.69, 9.17) is 15.9 Å². The number of hydrogen-bond donors (Lipinski definition) is 2. The van der Waals surface area contributed by atoms with Gasteiger partial charge in [0.2, 0.25) is 5.91 Å². The number of ether oxygens (including phenoxy) is 2. The number of nitrogens with two attached hydrogens (primary N) is 1. The lowest BCUT2D eigenvalue weighted by atomic mass is 10.1. The molecule has 0 aliphatic rings. The molecule has 25 heavy (non-hydrogen) atoms. The van der Waals surface area contributed by atoms with Crippen molar-refractivity contribution in [3.05, 3.63) is 29.8 Å². The van der Waals surface area contributed by atoms with Crippen molar-refractivity contribution in [2.24, 2.45) is 11.7 Å². The lowest BCUT2D eigenvalue weighted by Crippen LogP contribution is -2.27. The molecule has 1 amide bonds. The summed E-state index contributed by atoms with van der Waals surface area (Å²) in [4.78, 5) is 36.3. The number of anilines is 1. The van der Waals surface area contributed by atoms with Gasteiger partial charge in [0.15, 0.2) is 0 Å². The number of nitrogen functional groups attached to an aromatic ring is 1. The summed E-state index contributed by atoms with van der Waals surface area (Å²) in [5.74, 6) is -1.06. The molecule has 0 heterocycles. The highest BCUT2D eigenvalue weighted by molar-refractivity contribution is 5.97. The van der Waals surface area contributed by atoms with Crippen molar-refractivity contribution in [2.75, 3.05) is 18.6 Å². The van der Waals surface area contributed by atoms with Crippen molar-refractivity contribution in [3.63, 3.8) is 0 Å². The van der Waals surface area contributed by atoms with E-state index in [1.165, 1.54) is 4.90 Å². The molecule has 0 aliphatic heterocycles. The highest BCUT2D eigenvalue weighted by Gasteiger charge is 2.17. The SMILES string of the molecule is CC(C)COC(=O)OC(=O)CCC(=O)N(C)c1ccc(C(=N)N)cc1. The van der Waals surface area contributed by atoms with Crippen LogP contribution in [0.25, 0.3) is 0 Å². The van der Waals surface area contributed by atoms with Crippen LogP contribution in [0.4, 0.5) is 10.5 Å². The minimum Gasteiger partial charge on any atom is -0.434 e. The van der Waals surface area contributed by atoms with Gasteiger partial charge in [0, 0.05) is 24.7 Å². The summed E-state index contributed by atoms with van der Waals surface area (Å²) in [5, 5.41) is 7.33. The molecule has 8 nitrogen and oxygen atoms in total. The molecule has 0 saturated heterocycles. The van der Waals surface area contributed by atoms with Gasteiger partial charge in [0.1, 0.15) is 5.84 Å².